The second-order valence-corrected chi connectivity index (χ2v) is 9.77. The van der Waals surface area contributed by atoms with Crippen LogP contribution in [-0.4, -0.2) is 57.9 Å². The van der Waals surface area contributed by atoms with Gasteiger partial charge in [0.25, 0.3) is 0 Å². The molecule has 156 valence electrons. The highest BCUT2D eigenvalue weighted by atomic mass is 16.2. The van der Waals surface area contributed by atoms with Gasteiger partial charge in [-0.3, -0.25) is 19.7 Å². The van der Waals surface area contributed by atoms with Crippen molar-refractivity contribution in [2.45, 2.75) is 58.9 Å². The summed E-state index contributed by atoms with van der Waals surface area (Å²) in [6.07, 6.45) is 9.83. The summed E-state index contributed by atoms with van der Waals surface area (Å²) in [5.74, 6) is 0.614. The summed E-state index contributed by atoms with van der Waals surface area (Å²) in [7, 11) is 0. The topological polar surface area (TPSA) is 49.3 Å². The lowest BCUT2D eigenvalue weighted by Crippen LogP contribution is -2.43. The van der Waals surface area contributed by atoms with E-state index < -0.39 is 0 Å². The van der Waals surface area contributed by atoms with Gasteiger partial charge in [0.2, 0.25) is 5.91 Å². The molecule has 2 aliphatic rings. The van der Waals surface area contributed by atoms with Gasteiger partial charge in [0.05, 0.1) is 11.0 Å². The Hall–Kier alpha value is -2.01. The number of rotatable bonds is 3. The molecule has 1 aliphatic carbocycles. The average molecular weight is 395 g/mol. The van der Waals surface area contributed by atoms with Gasteiger partial charge in [-0.05, 0) is 67.2 Å². The van der Waals surface area contributed by atoms with Gasteiger partial charge in [-0.1, -0.05) is 13.8 Å². The fraction of sp³-hybridized carbons (Fsp3) is 0.625. The van der Waals surface area contributed by atoms with Crippen LogP contribution in [0.15, 0.2) is 30.6 Å². The molecule has 4 rings (SSSR count). The molecule has 2 aromatic rings. The van der Waals surface area contributed by atoms with Crippen molar-refractivity contribution in [1.29, 1.82) is 0 Å². The zero-order chi connectivity index (χ0) is 20.4. The predicted octanol–water partition coefficient (Wildman–Crippen LogP) is 3.92. The first-order valence-electron chi connectivity index (χ1n) is 11.1. The maximum atomic E-state index is 12.2. The van der Waals surface area contributed by atoms with Gasteiger partial charge in [0.15, 0.2) is 0 Å². The Morgan fingerprint density at radius 3 is 2.66 bits per heavy atom. The van der Waals surface area contributed by atoms with Crippen molar-refractivity contribution in [2.75, 3.05) is 26.2 Å². The molecule has 1 saturated carbocycles. The van der Waals surface area contributed by atoms with Gasteiger partial charge < -0.3 is 4.90 Å². The quantitative estimate of drug-likeness (QED) is 0.792. The molecule has 3 heterocycles. The highest BCUT2D eigenvalue weighted by Crippen LogP contribution is 2.37. The van der Waals surface area contributed by atoms with Crippen LogP contribution in [0.3, 0.4) is 0 Å². The Balaban J connectivity index is 1.54. The SMILES string of the molecule is CC(=O)N1CCN(C2CCC(C)(C)CC2)C[C@@H](Cc2ccnc3cccnc23)C1. The van der Waals surface area contributed by atoms with Crippen LogP contribution in [0.4, 0.5) is 0 Å². The molecule has 0 bridgehead atoms. The number of nitrogens with zero attached hydrogens (tertiary/aromatic N) is 4. The van der Waals surface area contributed by atoms with Crippen LogP contribution in [0.5, 0.6) is 0 Å². The first-order valence-corrected chi connectivity index (χ1v) is 11.1. The number of amides is 1. The van der Waals surface area contributed by atoms with Gasteiger partial charge >= 0.3 is 0 Å². The van der Waals surface area contributed by atoms with Crippen molar-refractivity contribution in [3.8, 4) is 0 Å². The Kier molecular flexibility index (Phi) is 5.86. The molecule has 1 aliphatic heterocycles. The number of hydrogen-bond acceptors (Lipinski definition) is 4. The number of carbonyl (C=O) groups is 1. The minimum absolute atomic E-state index is 0.194. The van der Waals surface area contributed by atoms with E-state index in [4.69, 9.17) is 0 Å². The summed E-state index contributed by atoms with van der Waals surface area (Å²) in [5.41, 5.74) is 3.68. The largest absolute Gasteiger partial charge is 0.341 e. The fourth-order valence-corrected chi connectivity index (χ4v) is 5.14. The Morgan fingerprint density at radius 2 is 1.90 bits per heavy atom. The first-order chi connectivity index (χ1) is 13.9. The van der Waals surface area contributed by atoms with Crippen LogP contribution in [-0.2, 0) is 11.2 Å². The van der Waals surface area contributed by atoms with Gasteiger partial charge in [0, 0.05) is 51.5 Å². The standard InChI is InChI=1S/C24H34N4O/c1-18(29)27-13-14-28(21-6-9-24(2,3)10-7-21)17-19(16-27)15-20-8-12-25-22-5-4-11-26-23(20)22/h4-5,8,11-12,19,21H,6-7,9-10,13-17H2,1-3H3/t19-/m0/s1. The van der Waals surface area contributed by atoms with Crippen molar-refractivity contribution < 1.29 is 4.79 Å². The zero-order valence-electron chi connectivity index (χ0n) is 18.1. The van der Waals surface area contributed by atoms with Gasteiger partial charge in [-0.25, -0.2) is 0 Å². The van der Waals surface area contributed by atoms with E-state index in [-0.39, 0.29) is 5.91 Å². The molecule has 1 saturated heterocycles. The molecule has 1 amide bonds. The molecule has 0 radical (unpaired) electrons. The van der Waals surface area contributed by atoms with Crippen molar-refractivity contribution in [2.24, 2.45) is 11.3 Å². The van der Waals surface area contributed by atoms with Gasteiger partial charge in [0.1, 0.15) is 0 Å². The van der Waals surface area contributed by atoms with E-state index in [9.17, 15) is 4.79 Å². The lowest BCUT2D eigenvalue weighted by Gasteiger charge is -2.40. The van der Waals surface area contributed by atoms with E-state index in [0.29, 0.717) is 17.4 Å². The molecule has 2 fully saturated rings. The summed E-state index contributed by atoms with van der Waals surface area (Å²) in [4.78, 5) is 26.0. The molecular weight excluding hydrogens is 360 g/mol. The predicted molar refractivity (Wildman–Crippen MR) is 117 cm³/mol. The molecule has 0 aromatic carbocycles. The highest BCUT2D eigenvalue weighted by molar-refractivity contribution is 5.77. The number of pyridine rings is 2. The Labute approximate surface area is 174 Å². The number of fused-ring (bicyclic) bond motifs is 1. The smallest absolute Gasteiger partial charge is 0.219 e. The lowest BCUT2D eigenvalue weighted by atomic mass is 9.75. The molecule has 0 unspecified atom stereocenters. The Bertz CT molecular complexity index is 850. The van der Waals surface area contributed by atoms with Crippen molar-refractivity contribution in [3.63, 3.8) is 0 Å². The Morgan fingerprint density at radius 1 is 1.10 bits per heavy atom. The summed E-state index contributed by atoms with van der Waals surface area (Å²) in [6, 6.07) is 6.72. The van der Waals surface area contributed by atoms with Crippen molar-refractivity contribution in [3.05, 3.63) is 36.2 Å². The molecular formula is C24H34N4O. The summed E-state index contributed by atoms with van der Waals surface area (Å²) in [5, 5.41) is 0. The third kappa shape index (κ3) is 4.77. The molecule has 2 aromatic heterocycles. The van der Waals surface area contributed by atoms with Crippen molar-refractivity contribution >= 4 is 16.9 Å². The summed E-state index contributed by atoms with van der Waals surface area (Å²) in [6.45, 7) is 10.2. The molecule has 5 heteroatoms. The normalized spacial score (nSPS) is 23.8. The van der Waals surface area contributed by atoms with E-state index in [1.165, 1.54) is 31.2 Å². The van der Waals surface area contributed by atoms with Crippen LogP contribution < -0.4 is 0 Å². The van der Waals surface area contributed by atoms with Crippen LogP contribution >= 0.6 is 0 Å². The van der Waals surface area contributed by atoms with Crippen LogP contribution in [0, 0.1) is 11.3 Å². The maximum absolute atomic E-state index is 12.2. The van der Waals surface area contributed by atoms with Crippen LogP contribution in [0.1, 0.15) is 52.0 Å². The minimum atomic E-state index is 0.194. The van der Waals surface area contributed by atoms with Crippen molar-refractivity contribution in [1.82, 2.24) is 19.8 Å². The minimum Gasteiger partial charge on any atom is -0.341 e. The summed E-state index contributed by atoms with van der Waals surface area (Å²) >= 11 is 0. The van der Waals surface area contributed by atoms with E-state index in [1.54, 1.807) is 6.92 Å². The van der Waals surface area contributed by atoms with Gasteiger partial charge in [-0.2, -0.15) is 0 Å². The summed E-state index contributed by atoms with van der Waals surface area (Å²) < 4.78 is 0. The van der Waals surface area contributed by atoms with E-state index in [1.807, 2.05) is 29.4 Å². The zero-order valence-corrected chi connectivity index (χ0v) is 18.1. The fourth-order valence-electron chi connectivity index (χ4n) is 5.14. The van der Waals surface area contributed by atoms with Gasteiger partial charge in [-0.15, -0.1) is 0 Å². The molecule has 1 atom stereocenters. The third-order valence-corrected chi connectivity index (χ3v) is 6.99. The molecule has 29 heavy (non-hydrogen) atoms. The molecule has 5 nitrogen and oxygen atoms in total. The van der Waals surface area contributed by atoms with E-state index >= 15 is 0 Å². The van der Waals surface area contributed by atoms with E-state index in [2.05, 4.69) is 34.8 Å². The number of carbonyl (C=O) groups excluding carboxylic acids is 1. The second kappa shape index (κ2) is 8.39. The average Bonchev–Trinajstić information content (AvgIpc) is 2.91. The number of aromatic nitrogens is 2. The highest BCUT2D eigenvalue weighted by Gasteiger charge is 2.33. The second-order valence-electron chi connectivity index (χ2n) is 9.77. The number of hydrogen-bond donors (Lipinski definition) is 0. The monoisotopic (exact) mass is 394 g/mol. The molecule has 0 N–H and O–H groups in total. The lowest BCUT2D eigenvalue weighted by molar-refractivity contribution is -0.129. The van der Waals surface area contributed by atoms with Crippen LogP contribution in [0.25, 0.3) is 11.0 Å². The maximum Gasteiger partial charge on any atom is 0.219 e. The van der Waals surface area contributed by atoms with Crippen LogP contribution in [0.2, 0.25) is 0 Å². The first kappa shape index (κ1) is 20.3. The molecule has 0 spiro atoms. The van der Waals surface area contributed by atoms with E-state index in [0.717, 1.165) is 43.6 Å². The third-order valence-electron chi connectivity index (χ3n) is 6.99.